The van der Waals surface area contributed by atoms with Crippen LogP contribution in [0.4, 0.5) is 14.5 Å². The van der Waals surface area contributed by atoms with Gasteiger partial charge >= 0.3 is 0 Å². The Labute approximate surface area is 138 Å². The maximum atomic E-state index is 13.4. The van der Waals surface area contributed by atoms with Gasteiger partial charge in [-0.1, -0.05) is 11.6 Å². The molecular formula is C17H16ClF2NO2. The Morgan fingerprint density at radius 1 is 1.22 bits per heavy atom. The third-order valence-electron chi connectivity index (χ3n) is 3.15. The van der Waals surface area contributed by atoms with E-state index in [9.17, 15) is 13.6 Å². The number of anilines is 1. The van der Waals surface area contributed by atoms with Crippen molar-refractivity contribution < 1.29 is 18.3 Å². The molecule has 0 aliphatic rings. The summed E-state index contributed by atoms with van der Waals surface area (Å²) in [5, 5.41) is 3.04. The van der Waals surface area contributed by atoms with Crippen LogP contribution >= 0.6 is 11.6 Å². The molecule has 0 atom stereocenters. The van der Waals surface area contributed by atoms with Gasteiger partial charge in [-0.25, -0.2) is 8.78 Å². The van der Waals surface area contributed by atoms with Gasteiger partial charge in [-0.3, -0.25) is 4.79 Å². The lowest BCUT2D eigenvalue weighted by Crippen LogP contribution is -2.14. The van der Waals surface area contributed by atoms with E-state index in [2.05, 4.69) is 5.32 Å². The van der Waals surface area contributed by atoms with Crippen LogP contribution in [0, 0.1) is 18.6 Å². The van der Waals surface area contributed by atoms with Crippen LogP contribution in [-0.4, -0.2) is 12.5 Å². The van der Waals surface area contributed by atoms with Crippen molar-refractivity contribution in [2.45, 2.75) is 19.8 Å². The summed E-state index contributed by atoms with van der Waals surface area (Å²) >= 11 is 5.86. The third-order valence-corrected chi connectivity index (χ3v) is 3.38. The molecule has 0 unspecified atom stereocenters. The molecule has 2 rings (SSSR count). The second-order valence-corrected chi connectivity index (χ2v) is 5.47. The molecule has 0 heterocycles. The number of carbonyl (C=O) groups excluding carboxylic acids is 1. The lowest BCUT2D eigenvalue weighted by atomic mass is 10.2. The second kappa shape index (κ2) is 7.92. The standard InChI is InChI=1S/C17H16ClF2NO2/c1-11-9-12(18)4-7-16(11)23-8-2-3-17(22)21-15-6-5-13(19)10-14(15)20/h4-7,9-10H,2-3,8H2,1H3,(H,21,22). The minimum atomic E-state index is -0.800. The number of hydrogen-bond donors (Lipinski definition) is 1. The summed E-state index contributed by atoms with van der Waals surface area (Å²) in [6, 6.07) is 8.30. The summed E-state index contributed by atoms with van der Waals surface area (Å²) in [7, 11) is 0. The Balaban J connectivity index is 1.76. The van der Waals surface area contributed by atoms with Crippen LogP contribution in [-0.2, 0) is 4.79 Å². The van der Waals surface area contributed by atoms with Crippen LogP contribution < -0.4 is 10.1 Å². The highest BCUT2D eigenvalue weighted by molar-refractivity contribution is 6.30. The zero-order chi connectivity index (χ0) is 16.8. The lowest BCUT2D eigenvalue weighted by molar-refractivity contribution is -0.116. The monoisotopic (exact) mass is 339 g/mol. The quantitative estimate of drug-likeness (QED) is 0.773. The number of benzene rings is 2. The van der Waals surface area contributed by atoms with Crippen molar-refractivity contribution >= 4 is 23.2 Å². The van der Waals surface area contributed by atoms with Crippen molar-refractivity contribution in [2.24, 2.45) is 0 Å². The minimum absolute atomic E-state index is 0.0362. The van der Waals surface area contributed by atoms with E-state index < -0.39 is 11.6 Å². The smallest absolute Gasteiger partial charge is 0.224 e. The molecule has 0 bridgehead atoms. The topological polar surface area (TPSA) is 38.3 Å². The van der Waals surface area contributed by atoms with Gasteiger partial charge in [0.1, 0.15) is 17.4 Å². The molecule has 3 nitrogen and oxygen atoms in total. The molecule has 6 heteroatoms. The Hall–Kier alpha value is -2.14. The summed E-state index contributed by atoms with van der Waals surface area (Å²) in [6.07, 6.45) is 0.639. The minimum Gasteiger partial charge on any atom is -0.493 e. The molecule has 0 saturated carbocycles. The molecule has 1 amide bonds. The highest BCUT2D eigenvalue weighted by atomic mass is 35.5. The van der Waals surface area contributed by atoms with Gasteiger partial charge in [0.25, 0.3) is 0 Å². The molecule has 0 saturated heterocycles. The Bertz CT molecular complexity index is 707. The predicted molar refractivity (Wildman–Crippen MR) is 85.9 cm³/mol. The Morgan fingerprint density at radius 3 is 2.70 bits per heavy atom. The van der Waals surface area contributed by atoms with E-state index in [0.29, 0.717) is 23.8 Å². The number of hydrogen-bond acceptors (Lipinski definition) is 2. The second-order valence-electron chi connectivity index (χ2n) is 5.03. The fourth-order valence-corrected chi connectivity index (χ4v) is 2.22. The van der Waals surface area contributed by atoms with E-state index in [0.717, 1.165) is 17.7 Å². The zero-order valence-electron chi connectivity index (χ0n) is 12.5. The van der Waals surface area contributed by atoms with E-state index in [1.54, 1.807) is 18.2 Å². The molecule has 0 aromatic heterocycles. The van der Waals surface area contributed by atoms with Crippen LogP contribution in [0.25, 0.3) is 0 Å². The van der Waals surface area contributed by atoms with Crippen LogP contribution in [0.3, 0.4) is 0 Å². The van der Waals surface area contributed by atoms with Gasteiger partial charge in [0.05, 0.1) is 12.3 Å². The highest BCUT2D eigenvalue weighted by Crippen LogP contribution is 2.22. The molecule has 122 valence electrons. The Morgan fingerprint density at radius 2 is 2.00 bits per heavy atom. The summed E-state index contributed by atoms with van der Waals surface area (Å²) in [4.78, 5) is 11.7. The first kappa shape index (κ1) is 17.2. The fraction of sp³-hybridized carbons (Fsp3) is 0.235. The van der Waals surface area contributed by atoms with E-state index in [1.165, 1.54) is 6.07 Å². The summed E-state index contributed by atoms with van der Waals surface area (Å²) in [5.74, 6) is -1.13. The average Bonchev–Trinajstić information content (AvgIpc) is 2.48. The van der Waals surface area contributed by atoms with E-state index in [4.69, 9.17) is 16.3 Å². The SMILES string of the molecule is Cc1cc(Cl)ccc1OCCCC(=O)Nc1ccc(F)cc1F. The van der Waals surface area contributed by atoms with Gasteiger partial charge < -0.3 is 10.1 Å². The number of carbonyl (C=O) groups is 1. The van der Waals surface area contributed by atoms with E-state index in [-0.39, 0.29) is 18.0 Å². The van der Waals surface area contributed by atoms with E-state index >= 15 is 0 Å². The maximum Gasteiger partial charge on any atom is 0.224 e. The summed E-state index contributed by atoms with van der Waals surface area (Å²) < 4.78 is 31.8. The van der Waals surface area contributed by atoms with Crippen LogP contribution in [0.5, 0.6) is 5.75 Å². The van der Waals surface area contributed by atoms with Gasteiger partial charge in [0.15, 0.2) is 0 Å². The molecular weight excluding hydrogens is 324 g/mol. The highest BCUT2D eigenvalue weighted by Gasteiger charge is 2.08. The lowest BCUT2D eigenvalue weighted by Gasteiger charge is -2.10. The normalized spacial score (nSPS) is 10.4. The van der Waals surface area contributed by atoms with Gasteiger partial charge in [-0.05, 0) is 49.2 Å². The molecule has 0 spiro atoms. The number of aryl methyl sites for hydroxylation is 1. The third kappa shape index (κ3) is 5.21. The number of nitrogens with one attached hydrogen (secondary N) is 1. The first-order valence-electron chi connectivity index (χ1n) is 7.09. The van der Waals surface area contributed by atoms with Crippen molar-refractivity contribution in [3.8, 4) is 5.75 Å². The number of halogens is 3. The molecule has 2 aromatic rings. The van der Waals surface area contributed by atoms with Crippen molar-refractivity contribution in [3.05, 3.63) is 58.6 Å². The van der Waals surface area contributed by atoms with Gasteiger partial charge in [-0.2, -0.15) is 0 Å². The van der Waals surface area contributed by atoms with Crippen molar-refractivity contribution in [2.75, 3.05) is 11.9 Å². The fourth-order valence-electron chi connectivity index (χ4n) is 1.99. The zero-order valence-corrected chi connectivity index (χ0v) is 13.3. The van der Waals surface area contributed by atoms with Gasteiger partial charge in [-0.15, -0.1) is 0 Å². The predicted octanol–water partition coefficient (Wildman–Crippen LogP) is 4.72. The summed E-state index contributed by atoms with van der Waals surface area (Å²) in [6.45, 7) is 2.23. The Kier molecular flexibility index (Phi) is 5.93. The maximum absolute atomic E-state index is 13.4. The van der Waals surface area contributed by atoms with Crippen LogP contribution in [0.1, 0.15) is 18.4 Å². The molecule has 0 aliphatic heterocycles. The van der Waals surface area contributed by atoms with Crippen molar-refractivity contribution in [1.82, 2.24) is 0 Å². The number of rotatable bonds is 6. The molecule has 2 aromatic carbocycles. The first-order chi connectivity index (χ1) is 11.0. The molecule has 0 fully saturated rings. The largest absolute Gasteiger partial charge is 0.493 e. The summed E-state index contributed by atoms with van der Waals surface area (Å²) in [5.41, 5.74) is 0.876. The van der Waals surface area contributed by atoms with Crippen molar-refractivity contribution in [3.63, 3.8) is 0 Å². The van der Waals surface area contributed by atoms with Crippen molar-refractivity contribution in [1.29, 1.82) is 0 Å². The van der Waals surface area contributed by atoms with Gasteiger partial charge in [0.2, 0.25) is 5.91 Å². The van der Waals surface area contributed by atoms with E-state index in [1.807, 2.05) is 6.92 Å². The van der Waals surface area contributed by atoms with Crippen LogP contribution in [0.2, 0.25) is 5.02 Å². The number of amides is 1. The van der Waals surface area contributed by atoms with Gasteiger partial charge in [0, 0.05) is 17.5 Å². The van der Waals surface area contributed by atoms with Crippen LogP contribution in [0.15, 0.2) is 36.4 Å². The molecule has 1 N–H and O–H groups in total. The number of ether oxygens (including phenoxy) is 1. The molecule has 23 heavy (non-hydrogen) atoms. The first-order valence-corrected chi connectivity index (χ1v) is 7.47. The molecule has 0 radical (unpaired) electrons. The molecule has 0 aliphatic carbocycles. The average molecular weight is 340 g/mol.